The van der Waals surface area contributed by atoms with Crippen LogP contribution in [0.3, 0.4) is 0 Å². The Hall–Kier alpha value is 0.350. The SMILES string of the molecule is CC1(C)CCCC(S)CC(C)(C)C1. The van der Waals surface area contributed by atoms with Crippen LogP contribution >= 0.6 is 12.6 Å². The monoisotopic (exact) mass is 200 g/mol. The highest BCUT2D eigenvalue weighted by atomic mass is 32.1. The molecule has 0 spiro atoms. The highest BCUT2D eigenvalue weighted by Gasteiger charge is 2.32. The summed E-state index contributed by atoms with van der Waals surface area (Å²) in [6.45, 7) is 9.60. The lowest BCUT2D eigenvalue weighted by Crippen LogP contribution is -2.28. The van der Waals surface area contributed by atoms with E-state index in [4.69, 9.17) is 0 Å². The molecule has 0 aromatic heterocycles. The lowest BCUT2D eigenvalue weighted by molar-refractivity contribution is 0.151. The summed E-state index contributed by atoms with van der Waals surface area (Å²) >= 11 is 4.65. The molecule has 1 saturated carbocycles. The number of hydrogen-bond acceptors (Lipinski definition) is 1. The first-order valence-electron chi connectivity index (χ1n) is 5.49. The molecular formula is C12H24S. The van der Waals surface area contributed by atoms with Crippen LogP contribution in [0.4, 0.5) is 0 Å². The van der Waals surface area contributed by atoms with Crippen LogP contribution in [-0.2, 0) is 0 Å². The van der Waals surface area contributed by atoms with E-state index in [1.165, 1.54) is 32.1 Å². The van der Waals surface area contributed by atoms with E-state index < -0.39 is 0 Å². The van der Waals surface area contributed by atoms with Gasteiger partial charge in [0.1, 0.15) is 0 Å². The Balaban J connectivity index is 2.65. The molecular weight excluding hydrogens is 176 g/mol. The van der Waals surface area contributed by atoms with Gasteiger partial charge in [0.25, 0.3) is 0 Å². The molecule has 13 heavy (non-hydrogen) atoms. The fourth-order valence-electron chi connectivity index (χ4n) is 3.01. The quantitative estimate of drug-likeness (QED) is 0.554. The Labute approximate surface area is 88.9 Å². The molecule has 0 heterocycles. The standard InChI is InChI=1S/C12H24S/c1-11(2)7-5-6-10(13)8-12(3,4)9-11/h10,13H,5-9H2,1-4H3. The van der Waals surface area contributed by atoms with Gasteiger partial charge in [0.05, 0.1) is 0 Å². The lowest BCUT2D eigenvalue weighted by atomic mass is 9.68. The van der Waals surface area contributed by atoms with E-state index in [-0.39, 0.29) is 0 Å². The van der Waals surface area contributed by atoms with E-state index in [2.05, 4.69) is 40.3 Å². The Kier molecular flexibility index (Phi) is 3.38. The maximum absolute atomic E-state index is 4.65. The van der Waals surface area contributed by atoms with E-state index >= 15 is 0 Å². The maximum atomic E-state index is 4.65. The van der Waals surface area contributed by atoms with Gasteiger partial charge in [0.15, 0.2) is 0 Å². The zero-order chi connectivity index (χ0) is 10.1. The molecule has 0 radical (unpaired) electrons. The summed E-state index contributed by atoms with van der Waals surface area (Å²) in [5, 5.41) is 0.631. The molecule has 1 aliphatic carbocycles. The van der Waals surface area contributed by atoms with Gasteiger partial charge in [0, 0.05) is 5.25 Å². The third-order valence-electron chi connectivity index (χ3n) is 3.14. The molecule has 1 atom stereocenters. The van der Waals surface area contributed by atoms with Gasteiger partial charge in [-0.25, -0.2) is 0 Å². The normalized spacial score (nSPS) is 33.5. The van der Waals surface area contributed by atoms with E-state index in [1.807, 2.05) is 0 Å². The van der Waals surface area contributed by atoms with Crippen molar-refractivity contribution in [2.75, 3.05) is 0 Å². The highest BCUT2D eigenvalue weighted by Crippen LogP contribution is 2.43. The molecule has 1 aliphatic rings. The first-order chi connectivity index (χ1) is 5.81. The predicted octanol–water partition coefficient (Wildman–Crippen LogP) is 4.30. The predicted molar refractivity (Wildman–Crippen MR) is 63.4 cm³/mol. The van der Waals surface area contributed by atoms with Crippen LogP contribution in [0.5, 0.6) is 0 Å². The molecule has 0 bridgehead atoms. The first kappa shape index (κ1) is 11.4. The van der Waals surface area contributed by atoms with Gasteiger partial charge < -0.3 is 0 Å². The molecule has 0 aromatic rings. The van der Waals surface area contributed by atoms with Crippen LogP contribution in [0.15, 0.2) is 0 Å². The minimum atomic E-state index is 0.482. The summed E-state index contributed by atoms with van der Waals surface area (Å²) in [5.74, 6) is 0. The van der Waals surface area contributed by atoms with Crippen LogP contribution < -0.4 is 0 Å². The van der Waals surface area contributed by atoms with Crippen molar-refractivity contribution in [3.8, 4) is 0 Å². The smallest absolute Gasteiger partial charge is 0.00218 e. The van der Waals surface area contributed by atoms with Crippen molar-refractivity contribution in [3.05, 3.63) is 0 Å². The van der Waals surface area contributed by atoms with E-state index in [0.717, 1.165) is 0 Å². The van der Waals surface area contributed by atoms with Crippen molar-refractivity contribution >= 4 is 12.6 Å². The fourth-order valence-corrected chi connectivity index (χ4v) is 3.69. The molecule has 0 amide bonds. The zero-order valence-corrected chi connectivity index (χ0v) is 10.5. The average molecular weight is 200 g/mol. The van der Waals surface area contributed by atoms with E-state index in [9.17, 15) is 0 Å². The molecule has 0 aromatic carbocycles. The number of hydrogen-bond donors (Lipinski definition) is 1. The molecule has 0 saturated heterocycles. The Morgan fingerprint density at radius 2 is 1.69 bits per heavy atom. The summed E-state index contributed by atoms with van der Waals surface area (Å²) in [6, 6.07) is 0. The van der Waals surface area contributed by atoms with Crippen LogP contribution in [0, 0.1) is 10.8 Å². The van der Waals surface area contributed by atoms with Gasteiger partial charge in [0.2, 0.25) is 0 Å². The largest absolute Gasteiger partial charge is 0.176 e. The van der Waals surface area contributed by atoms with Crippen LogP contribution in [0.1, 0.15) is 59.8 Å². The summed E-state index contributed by atoms with van der Waals surface area (Å²) < 4.78 is 0. The Bertz CT molecular complexity index is 170. The summed E-state index contributed by atoms with van der Waals surface area (Å²) in [6.07, 6.45) is 6.65. The van der Waals surface area contributed by atoms with Gasteiger partial charge in [-0.3, -0.25) is 0 Å². The Morgan fingerprint density at radius 3 is 2.31 bits per heavy atom. The molecule has 0 N–H and O–H groups in total. The van der Waals surface area contributed by atoms with Crippen molar-refractivity contribution in [1.82, 2.24) is 0 Å². The fraction of sp³-hybridized carbons (Fsp3) is 1.00. The summed E-state index contributed by atoms with van der Waals surface area (Å²) in [4.78, 5) is 0. The zero-order valence-electron chi connectivity index (χ0n) is 9.56. The second kappa shape index (κ2) is 3.84. The third kappa shape index (κ3) is 3.93. The molecule has 1 rings (SSSR count). The van der Waals surface area contributed by atoms with Gasteiger partial charge in [-0.1, -0.05) is 34.1 Å². The summed E-state index contributed by atoms with van der Waals surface area (Å²) in [7, 11) is 0. The molecule has 1 heteroatoms. The first-order valence-corrected chi connectivity index (χ1v) is 6.01. The van der Waals surface area contributed by atoms with E-state index in [1.54, 1.807) is 0 Å². The third-order valence-corrected chi connectivity index (χ3v) is 3.58. The number of rotatable bonds is 0. The molecule has 1 unspecified atom stereocenters. The van der Waals surface area contributed by atoms with Crippen LogP contribution in [0.25, 0.3) is 0 Å². The lowest BCUT2D eigenvalue weighted by Gasteiger charge is -2.39. The second-order valence-corrected chi connectivity index (χ2v) is 6.99. The van der Waals surface area contributed by atoms with Crippen molar-refractivity contribution in [3.63, 3.8) is 0 Å². The maximum Gasteiger partial charge on any atom is 0.00218 e. The van der Waals surface area contributed by atoms with Gasteiger partial charge in [-0.2, -0.15) is 12.6 Å². The van der Waals surface area contributed by atoms with E-state index in [0.29, 0.717) is 16.1 Å². The van der Waals surface area contributed by atoms with Crippen molar-refractivity contribution in [1.29, 1.82) is 0 Å². The molecule has 78 valence electrons. The van der Waals surface area contributed by atoms with Gasteiger partial charge in [-0.15, -0.1) is 0 Å². The van der Waals surface area contributed by atoms with Crippen LogP contribution in [-0.4, -0.2) is 5.25 Å². The minimum absolute atomic E-state index is 0.482. The molecule has 0 nitrogen and oxygen atoms in total. The Morgan fingerprint density at radius 1 is 1.08 bits per heavy atom. The molecule has 1 fully saturated rings. The average Bonchev–Trinajstić information content (AvgIpc) is 1.78. The minimum Gasteiger partial charge on any atom is -0.176 e. The van der Waals surface area contributed by atoms with Crippen molar-refractivity contribution in [2.45, 2.75) is 65.0 Å². The second-order valence-electron chi connectivity index (χ2n) is 6.26. The topological polar surface area (TPSA) is 0 Å². The van der Waals surface area contributed by atoms with Gasteiger partial charge in [-0.05, 0) is 36.5 Å². The van der Waals surface area contributed by atoms with Gasteiger partial charge >= 0.3 is 0 Å². The highest BCUT2D eigenvalue weighted by molar-refractivity contribution is 7.80. The van der Waals surface area contributed by atoms with Crippen molar-refractivity contribution < 1.29 is 0 Å². The number of thiol groups is 1. The van der Waals surface area contributed by atoms with Crippen molar-refractivity contribution in [2.24, 2.45) is 10.8 Å². The van der Waals surface area contributed by atoms with Crippen LogP contribution in [0.2, 0.25) is 0 Å². The molecule has 0 aliphatic heterocycles. The summed E-state index contributed by atoms with van der Waals surface area (Å²) in [5.41, 5.74) is 1.02.